The van der Waals surface area contributed by atoms with Crippen molar-refractivity contribution in [1.82, 2.24) is 15.5 Å². The lowest BCUT2D eigenvalue weighted by Crippen LogP contribution is -2.25. The Hall–Kier alpha value is -2.05. The summed E-state index contributed by atoms with van der Waals surface area (Å²) in [7, 11) is 0. The molecular formula is C16H19ClN4O2. The Morgan fingerprint density at radius 1 is 1.48 bits per heavy atom. The molecule has 2 heterocycles. The molecule has 0 atom stereocenters. The van der Waals surface area contributed by atoms with Crippen molar-refractivity contribution in [3.8, 4) is 5.75 Å². The number of hydrogen-bond acceptors (Lipinski definition) is 4. The van der Waals surface area contributed by atoms with Crippen molar-refractivity contribution < 1.29 is 9.53 Å². The summed E-state index contributed by atoms with van der Waals surface area (Å²) < 4.78 is 5.66. The molecule has 122 valence electrons. The van der Waals surface area contributed by atoms with Crippen LogP contribution in [0, 0.1) is 0 Å². The fourth-order valence-corrected chi connectivity index (χ4v) is 2.70. The molecule has 1 aromatic heterocycles. The summed E-state index contributed by atoms with van der Waals surface area (Å²) in [5.41, 5.74) is 2.90. The van der Waals surface area contributed by atoms with Gasteiger partial charge < -0.3 is 15.4 Å². The second-order valence-electron chi connectivity index (χ2n) is 5.40. The van der Waals surface area contributed by atoms with E-state index in [-0.39, 0.29) is 5.91 Å². The summed E-state index contributed by atoms with van der Waals surface area (Å²) in [6.45, 7) is 4.13. The Balaban J connectivity index is 1.82. The van der Waals surface area contributed by atoms with Crippen LogP contribution in [0.15, 0.2) is 18.2 Å². The maximum absolute atomic E-state index is 12.6. The predicted molar refractivity (Wildman–Crippen MR) is 89.2 cm³/mol. The van der Waals surface area contributed by atoms with Gasteiger partial charge in [-0.15, -0.1) is 0 Å². The zero-order chi connectivity index (χ0) is 16.2. The number of nitrogens with one attached hydrogen (secondary N) is 3. The summed E-state index contributed by atoms with van der Waals surface area (Å²) in [5.74, 6) is 0.335. The molecule has 6 nitrogen and oxygen atoms in total. The van der Waals surface area contributed by atoms with E-state index in [4.69, 9.17) is 16.3 Å². The number of H-pyrrole nitrogens is 1. The van der Waals surface area contributed by atoms with E-state index in [1.54, 1.807) is 18.2 Å². The van der Waals surface area contributed by atoms with Gasteiger partial charge in [0.2, 0.25) is 0 Å². The van der Waals surface area contributed by atoms with E-state index in [1.165, 1.54) is 0 Å². The summed E-state index contributed by atoms with van der Waals surface area (Å²) in [4.78, 5) is 12.6. The minimum Gasteiger partial charge on any atom is -0.491 e. The molecule has 0 unspecified atom stereocenters. The molecular weight excluding hydrogens is 316 g/mol. The minimum absolute atomic E-state index is 0.269. The number of amides is 1. The number of aromatic nitrogens is 2. The Kier molecular flexibility index (Phi) is 4.83. The lowest BCUT2D eigenvalue weighted by Gasteiger charge is -2.14. The van der Waals surface area contributed by atoms with Crippen molar-refractivity contribution in [1.29, 1.82) is 0 Å². The number of carbonyl (C=O) groups excluding carboxylic acids is 1. The van der Waals surface area contributed by atoms with Crippen LogP contribution in [0.5, 0.6) is 5.75 Å². The minimum atomic E-state index is -0.269. The van der Waals surface area contributed by atoms with Gasteiger partial charge in [-0.1, -0.05) is 18.5 Å². The van der Waals surface area contributed by atoms with E-state index in [0.717, 1.165) is 30.6 Å². The van der Waals surface area contributed by atoms with E-state index in [0.29, 0.717) is 35.3 Å². The number of halogens is 1. The van der Waals surface area contributed by atoms with Gasteiger partial charge in [0.25, 0.3) is 5.91 Å². The molecule has 0 radical (unpaired) electrons. The molecule has 1 aromatic carbocycles. The number of carbonyl (C=O) groups is 1. The van der Waals surface area contributed by atoms with Gasteiger partial charge in [0.1, 0.15) is 5.75 Å². The quantitative estimate of drug-likeness (QED) is 0.785. The highest BCUT2D eigenvalue weighted by molar-refractivity contribution is 6.31. The Morgan fingerprint density at radius 3 is 3.17 bits per heavy atom. The lowest BCUT2D eigenvalue weighted by atomic mass is 10.1. The lowest BCUT2D eigenvalue weighted by molar-refractivity contribution is 0.102. The Morgan fingerprint density at radius 2 is 2.35 bits per heavy atom. The second-order valence-corrected chi connectivity index (χ2v) is 5.84. The monoisotopic (exact) mass is 334 g/mol. The molecule has 0 bridgehead atoms. The van der Waals surface area contributed by atoms with Crippen LogP contribution in [0.2, 0.25) is 5.02 Å². The van der Waals surface area contributed by atoms with Crippen LogP contribution in [0.1, 0.15) is 35.1 Å². The Labute approximate surface area is 139 Å². The van der Waals surface area contributed by atoms with Gasteiger partial charge in [-0.05, 0) is 24.6 Å². The average Bonchev–Trinajstić information content (AvgIpc) is 2.98. The summed E-state index contributed by atoms with van der Waals surface area (Å²) in [6.07, 6.45) is 1.73. The molecule has 0 fully saturated rings. The number of ether oxygens (including phenoxy) is 1. The molecule has 0 spiro atoms. The molecule has 0 aliphatic carbocycles. The molecule has 1 aliphatic rings. The number of aromatic amines is 1. The first kappa shape index (κ1) is 15.8. The van der Waals surface area contributed by atoms with E-state index >= 15 is 0 Å². The smallest absolute Gasteiger partial charge is 0.276 e. The van der Waals surface area contributed by atoms with Crippen LogP contribution in [-0.4, -0.2) is 29.3 Å². The first-order valence-corrected chi connectivity index (χ1v) is 8.07. The van der Waals surface area contributed by atoms with Gasteiger partial charge in [0, 0.05) is 35.8 Å². The molecule has 1 aliphatic heterocycles. The van der Waals surface area contributed by atoms with Crippen LogP contribution < -0.4 is 15.4 Å². The highest BCUT2D eigenvalue weighted by Crippen LogP contribution is 2.29. The SMILES string of the molecule is CCCOc1ccc(Cl)cc1NC(=O)c1n[nH]c2c1CNCC2. The van der Waals surface area contributed by atoms with Gasteiger partial charge in [-0.2, -0.15) is 5.10 Å². The molecule has 2 aromatic rings. The summed E-state index contributed by atoms with van der Waals surface area (Å²) in [5, 5.41) is 13.7. The number of anilines is 1. The summed E-state index contributed by atoms with van der Waals surface area (Å²) >= 11 is 6.04. The number of hydrogen-bond donors (Lipinski definition) is 3. The highest BCUT2D eigenvalue weighted by Gasteiger charge is 2.22. The molecule has 0 saturated heterocycles. The largest absolute Gasteiger partial charge is 0.491 e. The third-order valence-corrected chi connectivity index (χ3v) is 3.91. The van der Waals surface area contributed by atoms with Gasteiger partial charge in [0.05, 0.1) is 12.3 Å². The number of fused-ring (bicyclic) bond motifs is 1. The van der Waals surface area contributed by atoms with E-state index in [9.17, 15) is 4.79 Å². The van der Waals surface area contributed by atoms with Crippen molar-refractivity contribution in [3.63, 3.8) is 0 Å². The maximum atomic E-state index is 12.6. The topological polar surface area (TPSA) is 79.0 Å². The van der Waals surface area contributed by atoms with Crippen LogP contribution in [-0.2, 0) is 13.0 Å². The first-order chi connectivity index (χ1) is 11.2. The van der Waals surface area contributed by atoms with E-state index in [1.807, 2.05) is 6.92 Å². The molecule has 3 rings (SSSR count). The normalized spacial score (nSPS) is 13.5. The zero-order valence-corrected chi connectivity index (χ0v) is 13.7. The first-order valence-electron chi connectivity index (χ1n) is 7.69. The maximum Gasteiger partial charge on any atom is 0.276 e. The van der Waals surface area contributed by atoms with Crippen LogP contribution >= 0.6 is 11.6 Å². The van der Waals surface area contributed by atoms with Crippen molar-refractivity contribution in [3.05, 3.63) is 40.2 Å². The van der Waals surface area contributed by atoms with Crippen LogP contribution in [0.3, 0.4) is 0 Å². The fourth-order valence-electron chi connectivity index (χ4n) is 2.53. The van der Waals surface area contributed by atoms with Crippen molar-refractivity contribution in [2.24, 2.45) is 0 Å². The average molecular weight is 335 g/mol. The van der Waals surface area contributed by atoms with Gasteiger partial charge >= 0.3 is 0 Å². The number of benzene rings is 1. The third-order valence-electron chi connectivity index (χ3n) is 3.67. The fraction of sp³-hybridized carbons (Fsp3) is 0.375. The van der Waals surface area contributed by atoms with Crippen LogP contribution in [0.25, 0.3) is 0 Å². The van der Waals surface area contributed by atoms with Gasteiger partial charge in [-0.25, -0.2) is 0 Å². The van der Waals surface area contributed by atoms with Crippen LogP contribution in [0.4, 0.5) is 5.69 Å². The number of nitrogens with zero attached hydrogens (tertiary/aromatic N) is 1. The second kappa shape index (κ2) is 7.02. The zero-order valence-electron chi connectivity index (χ0n) is 12.9. The molecule has 0 saturated carbocycles. The van der Waals surface area contributed by atoms with Crippen molar-refractivity contribution in [2.75, 3.05) is 18.5 Å². The highest BCUT2D eigenvalue weighted by atomic mass is 35.5. The Bertz CT molecular complexity index is 714. The number of rotatable bonds is 5. The van der Waals surface area contributed by atoms with E-state index < -0.39 is 0 Å². The standard InChI is InChI=1S/C16H19ClN4O2/c1-2-7-23-14-4-3-10(17)8-13(14)19-16(22)15-11-9-18-6-5-12(11)20-21-15/h3-4,8,18H,2,5-7,9H2,1H3,(H,19,22)(H,20,21). The van der Waals surface area contributed by atoms with Gasteiger partial charge in [0.15, 0.2) is 5.69 Å². The summed E-state index contributed by atoms with van der Waals surface area (Å²) in [6, 6.07) is 5.18. The molecule has 1 amide bonds. The predicted octanol–water partition coefficient (Wildman–Crippen LogP) is 2.75. The molecule has 23 heavy (non-hydrogen) atoms. The molecule has 3 N–H and O–H groups in total. The van der Waals surface area contributed by atoms with Crippen molar-refractivity contribution in [2.45, 2.75) is 26.3 Å². The molecule has 7 heteroatoms. The van der Waals surface area contributed by atoms with Gasteiger partial charge in [-0.3, -0.25) is 9.89 Å². The van der Waals surface area contributed by atoms with E-state index in [2.05, 4.69) is 20.8 Å². The van der Waals surface area contributed by atoms with Crippen molar-refractivity contribution >= 4 is 23.2 Å². The third kappa shape index (κ3) is 3.48.